The van der Waals surface area contributed by atoms with Gasteiger partial charge in [-0.05, 0) is 12.8 Å². The quantitative estimate of drug-likeness (QED) is 0.532. The van der Waals surface area contributed by atoms with Crippen molar-refractivity contribution in [2.45, 2.75) is 77.7 Å². The molecule has 0 radical (unpaired) electrons. The van der Waals surface area contributed by atoms with Gasteiger partial charge in [0.05, 0.1) is 6.42 Å². The topological polar surface area (TPSA) is 112 Å². The zero-order valence-corrected chi connectivity index (χ0v) is 13.9. The van der Waals surface area contributed by atoms with Gasteiger partial charge in [0.2, 0.25) is 11.8 Å². The van der Waals surface area contributed by atoms with Gasteiger partial charge in [0.1, 0.15) is 6.04 Å². The van der Waals surface area contributed by atoms with Gasteiger partial charge in [-0.25, -0.2) is 4.79 Å². The van der Waals surface area contributed by atoms with Gasteiger partial charge in [-0.1, -0.05) is 39.5 Å². The van der Waals surface area contributed by atoms with E-state index in [-0.39, 0.29) is 12.8 Å². The zero-order chi connectivity index (χ0) is 17.8. The molecule has 23 heavy (non-hydrogen) atoms. The predicted molar refractivity (Wildman–Crippen MR) is 83.8 cm³/mol. The molecular formula is C16H27NO6. The Balaban J connectivity index is 5.14. The van der Waals surface area contributed by atoms with E-state index in [1.807, 2.05) is 13.8 Å². The molecule has 0 aromatic carbocycles. The fourth-order valence-electron chi connectivity index (χ4n) is 2.23. The minimum Gasteiger partial charge on any atom is -0.481 e. The summed E-state index contributed by atoms with van der Waals surface area (Å²) < 4.78 is 0. The maximum absolute atomic E-state index is 12.3. The molecule has 1 atom stereocenters. The van der Waals surface area contributed by atoms with Crippen molar-refractivity contribution in [1.82, 2.24) is 4.90 Å². The second-order valence-electron chi connectivity index (χ2n) is 5.52. The number of nitrogens with zero attached hydrogens (tertiary/aromatic N) is 1. The Bertz CT molecular complexity index is 399. The van der Waals surface area contributed by atoms with Crippen LogP contribution in [0.4, 0.5) is 0 Å². The second kappa shape index (κ2) is 11.6. The number of aliphatic carboxylic acids is 2. The number of unbranched alkanes of at least 4 members (excludes halogenated alkanes) is 4. The minimum atomic E-state index is -1.64. The fourth-order valence-corrected chi connectivity index (χ4v) is 2.23. The van der Waals surface area contributed by atoms with E-state index < -0.39 is 36.2 Å². The molecule has 0 rings (SSSR count). The van der Waals surface area contributed by atoms with Crippen LogP contribution in [-0.2, 0) is 19.2 Å². The highest BCUT2D eigenvalue weighted by Crippen LogP contribution is 2.14. The molecule has 7 nitrogen and oxygen atoms in total. The lowest BCUT2D eigenvalue weighted by Crippen LogP contribution is -2.49. The van der Waals surface area contributed by atoms with Gasteiger partial charge in [0, 0.05) is 12.8 Å². The molecule has 2 N–H and O–H groups in total. The normalized spacial score (nSPS) is 11.7. The molecule has 0 unspecified atom stereocenters. The molecule has 0 aliphatic heterocycles. The third kappa shape index (κ3) is 8.32. The van der Waals surface area contributed by atoms with E-state index in [1.54, 1.807) is 0 Å². The van der Waals surface area contributed by atoms with Crippen molar-refractivity contribution in [3.63, 3.8) is 0 Å². The Morgan fingerprint density at radius 3 is 1.57 bits per heavy atom. The van der Waals surface area contributed by atoms with Crippen LogP contribution in [0.5, 0.6) is 0 Å². The van der Waals surface area contributed by atoms with Crippen LogP contribution in [0.3, 0.4) is 0 Å². The first-order valence-electron chi connectivity index (χ1n) is 8.14. The molecule has 0 saturated carbocycles. The van der Waals surface area contributed by atoms with Crippen molar-refractivity contribution in [3.8, 4) is 0 Å². The van der Waals surface area contributed by atoms with Crippen LogP contribution in [0.15, 0.2) is 0 Å². The van der Waals surface area contributed by atoms with E-state index in [4.69, 9.17) is 5.11 Å². The molecule has 0 aromatic rings. The standard InChI is InChI=1S/C16H27NO6/c1-3-5-7-9-13(18)17(14(19)10-8-6-4-2)12(16(22)23)11-15(20)21/h12H,3-11H2,1-2H3,(H,20,21)(H,22,23)/t12-/m0/s1. The Kier molecular flexibility index (Phi) is 10.7. The number of hydrogen-bond donors (Lipinski definition) is 2. The molecule has 0 aliphatic carbocycles. The van der Waals surface area contributed by atoms with Gasteiger partial charge in [-0.3, -0.25) is 19.3 Å². The van der Waals surface area contributed by atoms with Crippen molar-refractivity contribution in [2.24, 2.45) is 0 Å². The van der Waals surface area contributed by atoms with Crippen molar-refractivity contribution >= 4 is 23.8 Å². The summed E-state index contributed by atoms with van der Waals surface area (Å²) in [6, 6.07) is -1.64. The van der Waals surface area contributed by atoms with Gasteiger partial charge in [-0.15, -0.1) is 0 Å². The summed E-state index contributed by atoms with van der Waals surface area (Å²) in [7, 11) is 0. The first-order chi connectivity index (χ1) is 10.8. The van der Waals surface area contributed by atoms with Crippen molar-refractivity contribution in [1.29, 1.82) is 0 Å². The Morgan fingerprint density at radius 2 is 1.26 bits per heavy atom. The third-order valence-electron chi connectivity index (χ3n) is 3.49. The monoisotopic (exact) mass is 329 g/mol. The van der Waals surface area contributed by atoms with Gasteiger partial charge in [-0.2, -0.15) is 0 Å². The van der Waals surface area contributed by atoms with Crippen molar-refractivity contribution in [3.05, 3.63) is 0 Å². The number of hydrogen-bond acceptors (Lipinski definition) is 4. The molecule has 7 heteroatoms. The molecule has 2 amide bonds. The maximum Gasteiger partial charge on any atom is 0.327 e. The molecule has 0 fully saturated rings. The summed E-state index contributed by atoms with van der Waals surface area (Å²) in [6.07, 6.45) is 3.77. The summed E-state index contributed by atoms with van der Waals surface area (Å²) in [5.41, 5.74) is 0. The Morgan fingerprint density at radius 1 is 0.826 bits per heavy atom. The molecular weight excluding hydrogens is 302 g/mol. The highest BCUT2D eigenvalue weighted by molar-refractivity contribution is 6.00. The lowest BCUT2D eigenvalue weighted by Gasteiger charge is -2.26. The van der Waals surface area contributed by atoms with E-state index in [0.29, 0.717) is 17.7 Å². The van der Waals surface area contributed by atoms with Gasteiger partial charge < -0.3 is 10.2 Å². The molecule has 132 valence electrons. The van der Waals surface area contributed by atoms with Gasteiger partial charge in [0.15, 0.2) is 0 Å². The van der Waals surface area contributed by atoms with E-state index in [0.717, 1.165) is 25.7 Å². The first-order valence-corrected chi connectivity index (χ1v) is 8.14. The number of carboxylic acid groups (broad SMARTS) is 2. The summed E-state index contributed by atoms with van der Waals surface area (Å²) in [5, 5.41) is 18.1. The number of imide groups is 1. The molecule has 0 spiro atoms. The Labute approximate surface area is 136 Å². The van der Waals surface area contributed by atoms with Crippen LogP contribution >= 0.6 is 0 Å². The van der Waals surface area contributed by atoms with Gasteiger partial charge in [0.25, 0.3) is 0 Å². The predicted octanol–water partition coefficient (Wildman–Crippen LogP) is 2.43. The smallest absolute Gasteiger partial charge is 0.327 e. The van der Waals surface area contributed by atoms with Crippen LogP contribution in [0.1, 0.15) is 71.6 Å². The van der Waals surface area contributed by atoms with Crippen LogP contribution in [0.25, 0.3) is 0 Å². The Hall–Kier alpha value is -1.92. The number of carbonyl (C=O) groups excluding carboxylic acids is 2. The maximum atomic E-state index is 12.3. The number of carboxylic acids is 2. The first kappa shape index (κ1) is 21.1. The van der Waals surface area contributed by atoms with Gasteiger partial charge >= 0.3 is 11.9 Å². The van der Waals surface area contributed by atoms with E-state index in [9.17, 15) is 24.3 Å². The van der Waals surface area contributed by atoms with Crippen molar-refractivity contribution in [2.75, 3.05) is 0 Å². The lowest BCUT2D eigenvalue weighted by molar-refractivity contribution is -0.160. The number of carbonyl (C=O) groups is 4. The molecule has 0 aliphatic rings. The highest BCUT2D eigenvalue weighted by Gasteiger charge is 2.35. The lowest BCUT2D eigenvalue weighted by atomic mass is 10.1. The van der Waals surface area contributed by atoms with Crippen molar-refractivity contribution < 1.29 is 29.4 Å². The van der Waals surface area contributed by atoms with Crippen LogP contribution in [-0.4, -0.2) is 44.9 Å². The SMILES string of the molecule is CCCCCC(=O)N(C(=O)CCCCC)[C@@H](CC(=O)O)C(=O)O. The zero-order valence-electron chi connectivity index (χ0n) is 13.9. The highest BCUT2D eigenvalue weighted by atomic mass is 16.4. The van der Waals surface area contributed by atoms with E-state index in [2.05, 4.69) is 0 Å². The fraction of sp³-hybridized carbons (Fsp3) is 0.750. The average molecular weight is 329 g/mol. The number of rotatable bonds is 12. The second-order valence-corrected chi connectivity index (χ2v) is 5.52. The van der Waals surface area contributed by atoms with Crippen LogP contribution < -0.4 is 0 Å². The van der Waals surface area contributed by atoms with Crippen LogP contribution in [0.2, 0.25) is 0 Å². The van der Waals surface area contributed by atoms with Crippen LogP contribution in [0, 0.1) is 0 Å². The summed E-state index contributed by atoms with van der Waals surface area (Å²) in [6.45, 7) is 3.92. The minimum absolute atomic E-state index is 0.0523. The summed E-state index contributed by atoms with van der Waals surface area (Å²) >= 11 is 0. The summed E-state index contributed by atoms with van der Waals surface area (Å²) in [5.74, 6) is -4.03. The molecule has 0 saturated heterocycles. The summed E-state index contributed by atoms with van der Waals surface area (Å²) in [4.78, 5) is 47.4. The largest absolute Gasteiger partial charge is 0.481 e. The number of amides is 2. The molecule has 0 bridgehead atoms. The molecule has 0 heterocycles. The average Bonchev–Trinajstić information content (AvgIpc) is 2.46. The third-order valence-corrected chi connectivity index (χ3v) is 3.49. The molecule has 0 aromatic heterocycles. The van der Waals surface area contributed by atoms with E-state index in [1.165, 1.54) is 0 Å². The van der Waals surface area contributed by atoms with E-state index >= 15 is 0 Å².